The maximum Gasteiger partial charge on any atom is 0.136 e. The van der Waals surface area contributed by atoms with Crippen molar-refractivity contribution in [1.82, 2.24) is 0 Å². The van der Waals surface area contributed by atoms with Gasteiger partial charge in [-0.2, -0.15) is 0 Å². The van der Waals surface area contributed by atoms with Crippen LogP contribution in [0.5, 0.6) is 0 Å². The summed E-state index contributed by atoms with van der Waals surface area (Å²) in [7, 11) is 0. The fourth-order valence-corrected chi connectivity index (χ4v) is 18.5. The van der Waals surface area contributed by atoms with E-state index >= 15 is 0 Å². The largest absolute Gasteiger partial charge is 0.456 e. The van der Waals surface area contributed by atoms with E-state index in [1.807, 2.05) is 84.9 Å². The van der Waals surface area contributed by atoms with E-state index in [0.717, 1.165) is 98.8 Å². The first-order chi connectivity index (χ1) is 61.1. The summed E-state index contributed by atoms with van der Waals surface area (Å²) in [6.45, 7) is 6.78. The van der Waals surface area contributed by atoms with Gasteiger partial charge >= 0.3 is 0 Å². The molecule has 0 saturated carbocycles. The molecule has 24 aromatic rings. The third kappa shape index (κ3) is 12.3. The number of hydrogen-bond donors (Lipinski definition) is 0. The zero-order chi connectivity index (χ0) is 84.5. The Morgan fingerprint density at radius 1 is 0.217 bits per heavy atom. The van der Waals surface area contributed by atoms with E-state index in [2.05, 4.69) is 300 Å². The highest BCUT2D eigenvalue weighted by Gasteiger charge is 2.25. The molecule has 3 nitrogen and oxygen atoms in total. The number of benzene rings is 21. The Labute approximate surface area is 700 Å². The molecule has 0 aliphatic carbocycles. The van der Waals surface area contributed by atoms with Crippen LogP contribution in [-0.4, -0.2) is 0 Å². The molecule has 4 heteroatoms. The Morgan fingerprint density at radius 2 is 0.575 bits per heavy atom. The lowest BCUT2D eigenvalue weighted by atomic mass is 9.85. The van der Waals surface area contributed by atoms with Crippen molar-refractivity contribution in [3.8, 4) is 89.0 Å². The van der Waals surface area contributed by atoms with Crippen LogP contribution in [0.3, 0.4) is 0 Å². The average Bonchev–Trinajstić information content (AvgIpc) is 1.72. The summed E-state index contributed by atoms with van der Waals surface area (Å²) in [6, 6.07) is 131. The molecule has 0 amide bonds. The van der Waals surface area contributed by atoms with Gasteiger partial charge in [0, 0.05) is 32.3 Å². The zero-order valence-corrected chi connectivity index (χ0v) is 66.0. The van der Waals surface area contributed by atoms with E-state index in [9.17, 15) is 4.39 Å². The fourth-order valence-electron chi connectivity index (χ4n) is 18.5. The number of halogens is 1. The lowest BCUT2D eigenvalue weighted by Gasteiger charge is -2.18. The SMILES string of the molecule is CC(C)(C)c1ccc2oc3ccc(-c4c5ccccc5c(-c5ccccc5)c5ccccc45)cc3c2c1.[2H]c1c([2H])c([2H])c(-c2c3ccccc3c(-c3ccc4oc5cc(-c6cccc(F)c6)ccc5c4c3)c3ccccc23)c([2H])c1[2H].c1ccc(-c2c3ccccc3c(-c3cccc4oc5cc(-c6ccc7ccccc7c6)ccc5c34)c3ccccc23)cc1. The Kier molecular flexibility index (Phi) is 16.0. The molecule has 24 rings (SSSR count). The molecule has 0 aliphatic heterocycles. The first kappa shape index (κ1) is 66.0. The Bertz CT molecular complexity index is 8350. The highest BCUT2D eigenvalue weighted by molar-refractivity contribution is 6.28. The minimum atomic E-state index is -0.414. The first-order valence-electron chi connectivity index (χ1n) is 43.3. The summed E-state index contributed by atoms with van der Waals surface area (Å²) in [6.07, 6.45) is 0. The van der Waals surface area contributed by atoms with Gasteiger partial charge in [-0.25, -0.2) is 4.39 Å². The molecule has 0 unspecified atom stereocenters. The molecule has 0 fully saturated rings. The van der Waals surface area contributed by atoms with Gasteiger partial charge in [0.15, 0.2) is 0 Å². The molecule has 21 aromatic carbocycles. The summed E-state index contributed by atoms with van der Waals surface area (Å²) in [5.41, 5.74) is 23.2. The van der Waals surface area contributed by atoms with Crippen molar-refractivity contribution >= 4 is 141 Å². The van der Waals surface area contributed by atoms with Gasteiger partial charge in [-0.05, 0) is 260 Å². The van der Waals surface area contributed by atoms with Crippen LogP contribution in [0.25, 0.3) is 230 Å². The summed E-state index contributed by atoms with van der Waals surface area (Å²) in [5.74, 6) is -0.293. The third-order valence-electron chi connectivity index (χ3n) is 24.1. The Morgan fingerprint density at radius 3 is 1.07 bits per heavy atom. The van der Waals surface area contributed by atoms with Gasteiger partial charge in [-0.3, -0.25) is 0 Å². The third-order valence-corrected chi connectivity index (χ3v) is 24.1. The second kappa shape index (κ2) is 29.2. The predicted octanol–water partition coefficient (Wildman–Crippen LogP) is 33.6. The summed E-state index contributed by atoms with van der Waals surface area (Å²) >= 11 is 0. The van der Waals surface area contributed by atoms with Crippen LogP contribution < -0.4 is 0 Å². The normalized spacial score (nSPS) is 12.4. The molecule has 3 aromatic heterocycles. The lowest BCUT2D eigenvalue weighted by molar-refractivity contribution is 0.590. The van der Waals surface area contributed by atoms with Gasteiger partial charge in [0.05, 0.1) is 6.85 Å². The van der Waals surface area contributed by atoms with Gasteiger partial charge in [-0.1, -0.05) is 348 Å². The van der Waals surface area contributed by atoms with E-state index < -0.39 is 6.04 Å². The molecular weight excluding hydrogens is 1460 g/mol. The van der Waals surface area contributed by atoms with Gasteiger partial charge in [0.25, 0.3) is 0 Å². The monoisotopic (exact) mass is 1540 g/mol. The van der Waals surface area contributed by atoms with Crippen LogP contribution in [0.1, 0.15) is 33.2 Å². The van der Waals surface area contributed by atoms with Crippen molar-refractivity contribution in [2.75, 3.05) is 0 Å². The lowest BCUT2D eigenvalue weighted by Crippen LogP contribution is -2.10. The van der Waals surface area contributed by atoms with Crippen molar-refractivity contribution in [2.45, 2.75) is 26.2 Å². The maximum atomic E-state index is 13.9. The van der Waals surface area contributed by atoms with E-state index in [-0.39, 0.29) is 41.0 Å². The predicted molar refractivity (Wildman–Crippen MR) is 506 cm³/mol. The second-order valence-corrected chi connectivity index (χ2v) is 32.1. The zero-order valence-electron chi connectivity index (χ0n) is 71.0. The van der Waals surface area contributed by atoms with E-state index in [1.165, 1.54) is 132 Å². The highest BCUT2D eigenvalue weighted by atomic mass is 19.1. The van der Waals surface area contributed by atoms with Crippen LogP contribution in [0.4, 0.5) is 4.39 Å². The second-order valence-electron chi connectivity index (χ2n) is 32.1. The molecule has 0 radical (unpaired) electrons. The van der Waals surface area contributed by atoms with Crippen molar-refractivity contribution in [1.29, 1.82) is 0 Å². The standard InChI is InChI=1S/C42H26O.C38H23FO.C36H28O/c1-2-12-28(13-3-1)40-32-15-6-8-17-34(32)41(35-18-9-7-16-33(35)40)37-19-10-20-38-42(37)36-24-23-31(26-39(36)43-38)30-22-21-27-11-4-5-14-29(27)25-30;39-28-12-8-11-25(21-28)26-17-19-29-34-22-27(18-20-35(34)40-36(29)23-26)38-32-15-6-4-13-30(32)37(24-9-2-1-3-10-24)31-14-5-7-16-33(31)38;1-36(2,3)25-18-20-33-31(22-25)30-21-24(17-19-32(30)37-33)35-28-15-9-7-13-26(28)34(23-11-5-4-6-12-23)27-14-8-10-16-29(27)35/h1-26H;1-23H;4-22H,1-3H3/i;1D,2D,3D,9D,10D;. The van der Waals surface area contributed by atoms with E-state index in [0.29, 0.717) is 11.1 Å². The number of rotatable bonds is 8. The van der Waals surface area contributed by atoms with Crippen LogP contribution >= 0.6 is 0 Å². The van der Waals surface area contributed by atoms with E-state index in [4.69, 9.17) is 20.1 Å². The number of furan rings is 3. The molecule has 0 spiro atoms. The molecule has 0 N–H and O–H groups in total. The summed E-state index contributed by atoms with van der Waals surface area (Å²) in [5, 5.41) is 22.5. The van der Waals surface area contributed by atoms with Crippen LogP contribution in [-0.2, 0) is 5.41 Å². The molecule has 0 bridgehead atoms. The minimum Gasteiger partial charge on any atom is -0.456 e. The maximum absolute atomic E-state index is 13.9. The Balaban J connectivity index is 0.000000112. The van der Waals surface area contributed by atoms with Crippen molar-refractivity contribution in [2.24, 2.45) is 0 Å². The van der Waals surface area contributed by atoms with Crippen LogP contribution in [0.15, 0.2) is 426 Å². The summed E-state index contributed by atoms with van der Waals surface area (Å²) in [4.78, 5) is 0. The van der Waals surface area contributed by atoms with Gasteiger partial charge in [0.2, 0.25) is 0 Å². The quantitative estimate of drug-likeness (QED) is 0.142. The molecule has 0 saturated heterocycles. The van der Waals surface area contributed by atoms with E-state index in [1.54, 1.807) is 6.07 Å². The molecule has 566 valence electrons. The van der Waals surface area contributed by atoms with Crippen molar-refractivity contribution < 1.29 is 24.5 Å². The Hall–Kier alpha value is -15.2. The minimum absolute atomic E-state index is 0.0784. The van der Waals surface area contributed by atoms with Crippen LogP contribution in [0, 0.1) is 5.82 Å². The topological polar surface area (TPSA) is 39.4 Å². The smallest absolute Gasteiger partial charge is 0.136 e. The first-order valence-corrected chi connectivity index (χ1v) is 40.8. The number of fused-ring (bicyclic) bond motifs is 16. The molecule has 120 heavy (non-hydrogen) atoms. The van der Waals surface area contributed by atoms with Crippen molar-refractivity contribution in [3.63, 3.8) is 0 Å². The van der Waals surface area contributed by atoms with Gasteiger partial charge < -0.3 is 13.3 Å². The molecular formula is C116H77FO3. The summed E-state index contributed by atoms with van der Waals surface area (Å²) < 4.78 is 75.4. The van der Waals surface area contributed by atoms with Gasteiger partial charge in [-0.15, -0.1) is 0 Å². The number of hydrogen-bond acceptors (Lipinski definition) is 3. The average molecular weight is 1540 g/mol. The highest BCUT2D eigenvalue weighted by Crippen LogP contribution is 2.51. The van der Waals surface area contributed by atoms with Gasteiger partial charge in [0.1, 0.15) is 39.3 Å². The fraction of sp³-hybridized carbons (Fsp3) is 0.0345. The van der Waals surface area contributed by atoms with Crippen molar-refractivity contribution in [3.05, 3.63) is 424 Å². The molecule has 3 heterocycles. The molecule has 0 atom stereocenters. The van der Waals surface area contributed by atoms with Crippen LogP contribution in [0.2, 0.25) is 0 Å². The molecule has 0 aliphatic rings.